The number of amides is 1. The molecule has 1 unspecified atom stereocenters. The van der Waals surface area contributed by atoms with Gasteiger partial charge >= 0.3 is 5.97 Å². The van der Waals surface area contributed by atoms with E-state index < -0.39 is 11.9 Å². The highest BCUT2D eigenvalue weighted by atomic mass is 35.5. The first kappa shape index (κ1) is 29.0. The van der Waals surface area contributed by atoms with Crippen molar-refractivity contribution >= 4 is 46.0 Å². The maximum absolute atomic E-state index is 13.8. The third kappa shape index (κ3) is 5.43. The minimum atomic E-state index is -0.876. The van der Waals surface area contributed by atoms with Crippen LogP contribution >= 0.6 is 23.2 Å². The van der Waals surface area contributed by atoms with Gasteiger partial charge in [0.2, 0.25) is 0 Å². The van der Waals surface area contributed by atoms with Gasteiger partial charge in [-0.05, 0) is 81.8 Å². The molecule has 1 aliphatic heterocycles. The molecule has 216 valence electrons. The number of fused-ring (bicyclic) bond motifs is 1. The number of hydrogen-bond acceptors (Lipinski definition) is 4. The van der Waals surface area contributed by atoms with Crippen molar-refractivity contribution in [3.63, 3.8) is 0 Å². The Balaban J connectivity index is 1.52. The number of carboxylic acids is 1. The molecule has 2 aromatic heterocycles. The fourth-order valence-electron chi connectivity index (χ4n) is 5.85. The van der Waals surface area contributed by atoms with Crippen LogP contribution in [-0.2, 0) is 18.3 Å². The Morgan fingerprint density at radius 1 is 1.12 bits per heavy atom. The maximum atomic E-state index is 13.8. The summed E-state index contributed by atoms with van der Waals surface area (Å²) in [5.41, 5.74) is 7.57. The van der Waals surface area contributed by atoms with Gasteiger partial charge in [-0.25, -0.2) is 0 Å². The quantitative estimate of drug-likeness (QED) is 0.221. The van der Waals surface area contributed by atoms with E-state index in [1.54, 1.807) is 4.90 Å². The van der Waals surface area contributed by atoms with Gasteiger partial charge in [0.15, 0.2) is 0 Å². The Kier molecular flexibility index (Phi) is 8.08. The number of aliphatic carboxylic acids is 1. The zero-order valence-corrected chi connectivity index (χ0v) is 25.4. The molecule has 0 radical (unpaired) electrons. The fourth-order valence-corrected chi connectivity index (χ4v) is 6.21. The normalized spacial score (nSPS) is 15.2. The van der Waals surface area contributed by atoms with Crippen molar-refractivity contribution in [2.24, 2.45) is 13.0 Å². The van der Waals surface area contributed by atoms with Gasteiger partial charge in [0.25, 0.3) is 5.91 Å². The third-order valence-corrected chi connectivity index (χ3v) is 8.99. The number of benzene rings is 2. The number of likely N-dealkylation sites (tertiary alicyclic amines) is 1. The van der Waals surface area contributed by atoms with E-state index in [4.69, 9.17) is 27.9 Å². The van der Waals surface area contributed by atoms with Gasteiger partial charge in [-0.15, -0.1) is 0 Å². The summed E-state index contributed by atoms with van der Waals surface area (Å²) in [7, 11) is 1.89. The number of aromatic nitrogens is 3. The molecule has 1 atom stereocenters. The number of aromatic amines is 1. The van der Waals surface area contributed by atoms with E-state index in [9.17, 15) is 14.7 Å². The number of carbonyl (C=O) groups excluding carboxylic acids is 1. The second-order valence-electron chi connectivity index (χ2n) is 10.9. The molecular formula is C31H34Cl2N4O4. The van der Waals surface area contributed by atoms with E-state index in [0.29, 0.717) is 43.1 Å². The van der Waals surface area contributed by atoms with Gasteiger partial charge in [0, 0.05) is 47.4 Å². The smallest absolute Gasteiger partial charge is 0.308 e. The maximum Gasteiger partial charge on any atom is 0.308 e. The van der Waals surface area contributed by atoms with Crippen molar-refractivity contribution in [2.75, 3.05) is 19.7 Å². The first-order valence-corrected chi connectivity index (χ1v) is 14.5. The number of ether oxygens (including phenoxy) is 1. The lowest BCUT2D eigenvalue weighted by atomic mass is 9.98. The molecule has 5 rings (SSSR count). The number of carbonyl (C=O) groups is 2. The Labute approximate surface area is 249 Å². The van der Waals surface area contributed by atoms with Crippen LogP contribution in [0.5, 0.6) is 5.75 Å². The number of carboxylic acid groups (broad SMARTS) is 1. The molecule has 1 amide bonds. The molecule has 41 heavy (non-hydrogen) atoms. The van der Waals surface area contributed by atoms with E-state index in [-0.39, 0.29) is 12.5 Å². The van der Waals surface area contributed by atoms with Crippen LogP contribution in [0.3, 0.4) is 0 Å². The summed E-state index contributed by atoms with van der Waals surface area (Å²) in [6, 6.07) is 7.66. The minimum absolute atomic E-state index is 0.190. The van der Waals surface area contributed by atoms with Gasteiger partial charge in [0.05, 0.1) is 28.8 Å². The summed E-state index contributed by atoms with van der Waals surface area (Å²) in [4.78, 5) is 30.5. The number of aryl methyl sites for hydroxylation is 5. The lowest BCUT2D eigenvalue weighted by Gasteiger charge is -2.16. The Hall–Kier alpha value is -3.49. The van der Waals surface area contributed by atoms with Crippen molar-refractivity contribution in [3.8, 4) is 16.9 Å². The standard InChI is InChI=1S/C31H34Cl2N4O4/c1-16-13-21(14-17(2)27(16)33)41-12-6-7-22-23-8-9-24(32)26(25-18(3)35-36(5)19(25)4)28(23)34-29(22)30(38)37-11-10-20(15-37)31(39)40/h8-9,13-14,20,34H,6-7,10-12,15H2,1-5H3,(H,39,40). The van der Waals surface area contributed by atoms with E-state index in [2.05, 4.69) is 10.1 Å². The number of halogens is 2. The van der Waals surface area contributed by atoms with E-state index in [0.717, 1.165) is 60.9 Å². The van der Waals surface area contributed by atoms with Gasteiger partial charge in [-0.1, -0.05) is 29.3 Å². The highest BCUT2D eigenvalue weighted by Gasteiger charge is 2.33. The molecular weight excluding hydrogens is 563 g/mol. The van der Waals surface area contributed by atoms with Crippen LogP contribution in [0, 0.1) is 33.6 Å². The topological polar surface area (TPSA) is 100 Å². The third-order valence-electron chi connectivity index (χ3n) is 8.08. The monoisotopic (exact) mass is 596 g/mol. The predicted molar refractivity (Wildman–Crippen MR) is 161 cm³/mol. The van der Waals surface area contributed by atoms with Crippen molar-refractivity contribution in [1.82, 2.24) is 19.7 Å². The van der Waals surface area contributed by atoms with Crippen LogP contribution in [0.1, 0.15) is 51.4 Å². The molecule has 2 aromatic carbocycles. The number of nitrogens with zero attached hydrogens (tertiary/aromatic N) is 3. The van der Waals surface area contributed by atoms with Crippen molar-refractivity contribution in [3.05, 3.63) is 68.1 Å². The number of nitrogens with one attached hydrogen (secondary N) is 1. The second-order valence-corrected chi connectivity index (χ2v) is 11.7. The lowest BCUT2D eigenvalue weighted by Crippen LogP contribution is -2.30. The average Bonchev–Trinajstić information content (AvgIpc) is 3.62. The highest BCUT2D eigenvalue weighted by Crippen LogP contribution is 2.40. The van der Waals surface area contributed by atoms with Crippen LogP contribution in [0.15, 0.2) is 24.3 Å². The molecule has 3 heterocycles. The SMILES string of the molecule is Cc1cc(OCCCc2c(C(=O)N3CCC(C(=O)O)C3)[nH]c3c(-c4c(C)nn(C)c4C)c(Cl)ccc23)cc(C)c1Cl. The summed E-state index contributed by atoms with van der Waals surface area (Å²) in [5.74, 6) is -0.879. The van der Waals surface area contributed by atoms with Gasteiger partial charge in [-0.2, -0.15) is 5.10 Å². The molecule has 0 spiro atoms. The van der Waals surface area contributed by atoms with Crippen molar-refractivity contribution < 1.29 is 19.4 Å². The number of H-pyrrole nitrogens is 1. The predicted octanol–water partition coefficient (Wildman–Crippen LogP) is 6.67. The van der Waals surface area contributed by atoms with E-state index in [1.807, 2.05) is 63.7 Å². The van der Waals surface area contributed by atoms with Crippen LogP contribution in [0.4, 0.5) is 0 Å². The molecule has 0 saturated carbocycles. The Bertz CT molecular complexity index is 1650. The van der Waals surface area contributed by atoms with Crippen LogP contribution in [0.2, 0.25) is 10.0 Å². The van der Waals surface area contributed by atoms with Gasteiger partial charge in [-0.3, -0.25) is 14.3 Å². The Morgan fingerprint density at radius 2 is 1.83 bits per heavy atom. The van der Waals surface area contributed by atoms with E-state index in [1.165, 1.54) is 0 Å². The molecule has 2 N–H and O–H groups in total. The van der Waals surface area contributed by atoms with Crippen LogP contribution in [0.25, 0.3) is 22.0 Å². The summed E-state index contributed by atoms with van der Waals surface area (Å²) in [5, 5.41) is 16.3. The minimum Gasteiger partial charge on any atom is -0.494 e. The van der Waals surface area contributed by atoms with Gasteiger partial charge in [0.1, 0.15) is 11.4 Å². The first-order valence-electron chi connectivity index (χ1n) is 13.7. The fraction of sp³-hybridized carbons (Fsp3) is 0.387. The highest BCUT2D eigenvalue weighted by molar-refractivity contribution is 6.35. The largest absolute Gasteiger partial charge is 0.494 e. The van der Waals surface area contributed by atoms with Crippen LogP contribution in [-0.4, -0.2) is 56.3 Å². The van der Waals surface area contributed by atoms with E-state index >= 15 is 0 Å². The Morgan fingerprint density at radius 3 is 2.44 bits per heavy atom. The zero-order chi connectivity index (χ0) is 29.6. The molecule has 8 nitrogen and oxygen atoms in total. The molecule has 1 aliphatic rings. The summed E-state index contributed by atoms with van der Waals surface area (Å²) >= 11 is 13.1. The molecule has 1 saturated heterocycles. The number of hydrogen-bond donors (Lipinski definition) is 2. The van der Waals surface area contributed by atoms with Crippen molar-refractivity contribution in [2.45, 2.75) is 47.0 Å². The zero-order valence-electron chi connectivity index (χ0n) is 23.9. The van der Waals surface area contributed by atoms with Crippen molar-refractivity contribution in [1.29, 1.82) is 0 Å². The molecule has 10 heteroatoms. The lowest BCUT2D eigenvalue weighted by molar-refractivity contribution is -0.141. The van der Waals surface area contributed by atoms with Crippen LogP contribution < -0.4 is 4.74 Å². The summed E-state index contributed by atoms with van der Waals surface area (Å²) in [6.07, 6.45) is 1.68. The molecule has 0 aliphatic carbocycles. The van der Waals surface area contributed by atoms with Gasteiger partial charge < -0.3 is 19.7 Å². The first-order chi connectivity index (χ1) is 19.5. The molecule has 0 bridgehead atoms. The summed E-state index contributed by atoms with van der Waals surface area (Å²) < 4.78 is 7.88. The molecule has 4 aromatic rings. The summed E-state index contributed by atoms with van der Waals surface area (Å²) in [6.45, 7) is 8.89. The number of rotatable bonds is 8. The molecule has 1 fully saturated rings. The average molecular weight is 598 g/mol. The second kappa shape index (κ2) is 11.4.